The van der Waals surface area contributed by atoms with Crippen molar-refractivity contribution in [3.63, 3.8) is 0 Å². The standard InChI is InChI=1S/C10H27N3O2Si/c1-14-16(3,15-2)8-4-7-13-9-10(12)5-6-11/h10,13H,4-9,11-12H2,1-3H3. The Kier molecular flexibility index (Phi) is 9.10. The van der Waals surface area contributed by atoms with Crippen LogP contribution in [0.3, 0.4) is 0 Å². The molecule has 0 fully saturated rings. The minimum atomic E-state index is -1.88. The molecule has 0 aliphatic carbocycles. The average molecular weight is 249 g/mol. The lowest BCUT2D eigenvalue weighted by molar-refractivity contribution is 0.248. The Balaban J connectivity index is 3.46. The van der Waals surface area contributed by atoms with Gasteiger partial charge in [-0.15, -0.1) is 0 Å². The van der Waals surface area contributed by atoms with E-state index in [4.69, 9.17) is 20.3 Å². The van der Waals surface area contributed by atoms with E-state index in [-0.39, 0.29) is 6.04 Å². The van der Waals surface area contributed by atoms with Crippen LogP contribution in [0.4, 0.5) is 0 Å². The number of hydrogen-bond acceptors (Lipinski definition) is 5. The molecule has 16 heavy (non-hydrogen) atoms. The molecule has 0 aliphatic heterocycles. The lowest BCUT2D eigenvalue weighted by Crippen LogP contribution is -2.38. The SMILES string of the molecule is CO[Si](C)(CCCNCC(N)CCN)OC. The van der Waals surface area contributed by atoms with Gasteiger partial charge >= 0.3 is 8.56 Å². The molecule has 5 N–H and O–H groups in total. The zero-order valence-electron chi connectivity index (χ0n) is 10.8. The highest BCUT2D eigenvalue weighted by Gasteiger charge is 2.27. The lowest BCUT2D eigenvalue weighted by Gasteiger charge is -2.22. The molecule has 0 aliphatic rings. The van der Waals surface area contributed by atoms with E-state index in [0.29, 0.717) is 6.54 Å². The third-order valence-electron chi connectivity index (χ3n) is 2.79. The van der Waals surface area contributed by atoms with Gasteiger partial charge < -0.3 is 25.6 Å². The van der Waals surface area contributed by atoms with Gasteiger partial charge in [-0.25, -0.2) is 0 Å². The highest BCUT2D eigenvalue weighted by Crippen LogP contribution is 2.12. The molecule has 0 radical (unpaired) electrons. The summed E-state index contributed by atoms with van der Waals surface area (Å²) < 4.78 is 10.8. The second kappa shape index (κ2) is 9.09. The quantitative estimate of drug-likeness (QED) is 0.375. The maximum atomic E-state index is 5.82. The van der Waals surface area contributed by atoms with Crippen molar-refractivity contribution in [2.24, 2.45) is 11.5 Å². The fourth-order valence-corrected chi connectivity index (χ4v) is 2.82. The van der Waals surface area contributed by atoms with E-state index >= 15 is 0 Å². The summed E-state index contributed by atoms with van der Waals surface area (Å²) in [6.07, 6.45) is 1.93. The van der Waals surface area contributed by atoms with Crippen LogP contribution in [-0.2, 0) is 8.85 Å². The Hall–Kier alpha value is 0.0169. The summed E-state index contributed by atoms with van der Waals surface area (Å²) in [6, 6.07) is 1.16. The van der Waals surface area contributed by atoms with Crippen LogP contribution in [0.15, 0.2) is 0 Å². The first-order chi connectivity index (χ1) is 7.58. The zero-order chi connectivity index (χ0) is 12.4. The van der Waals surface area contributed by atoms with E-state index in [1.165, 1.54) is 0 Å². The molecule has 1 atom stereocenters. The molecular weight excluding hydrogens is 222 g/mol. The largest absolute Gasteiger partial charge is 0.398 e. The number of hydrogen-bond donors (Lipinski definition) is 3. The van der Waals surface area contributed by atoms with Crippen LogP contribution in [0.5, 0.6) is 0 Å². The highest BCUT2D eigenvalue weighted by atomic mass is 28.4. The summed E-state index contributed by atoms with van der Waals surface area (Å²) in [5.41, 5.74) is 11.2. The molecule has 6 heteroatoms. The van der Waals surface area contributed by atoms with Crippen LogP contribution in [0.25, 0.3) is 0 Å². The fourth-order valence-electron chi connectivity index (χ4n) is 1.43. The monoisotopic (exact) mass is 249 g/mol. The number of nitrogens with one attached hydrogen (secondary N) is 1. The third-order valence-corrected chi connectivity index (χ3v) is 5.78. The summed E-state index contributed by atoms with van der Waals surface area (Å²) in [7, 11) is 1.56. The lowest BCUT2D eigenvalue weighted by atomic mass is 10.2. The Labute approximate surface area is 100 Å². The van der Waals surface area contributed by atoms with Crippen molar-refractivity contribution in [1.82, 2.24) is 5.32 Å². The summed E-state index contributed by atoms with van der Waals surface area (Å²) in [5.74, 6) is 0. The molecule has 0 spiro atoms. The molecule has 0 aromatic rings. The second-order valence-electron chi connectivity index (χ2n) is 4.19. The molecule has 0 aromatic carbocycles. The summed E-state index contributed by atoms with van der Waals surface area (Å²) >= 11 is 0. The van der Waals surface area contributed by atoms with Crippen LogP contribution in [0.1, 0.15) is 12.8 Å². The van der Waals surface area contributed by atoms with Crippen LogP contribution < -0.4 is 16.8 Å². The van der Waals surface area contributed by atoms with Crippen LogP contribution in [0.2, 0.25) is 12.6 Å². The van der Waals surface area contributed by atoms with E-state index in [0.717, 1.165) is 32.0 Å². The predicted octanol–water partition coefficient (Wildman–Crippen LogP) is 0.00700. The molecule has 98 valence electrons. The van der Waals surface area contributed by atoms with Gasteiger partial charge in [0.15, 0.2) is 0 Å². The molecular formula is C10H27N3O2Si. The van der Waals surface area contributed by atoms with Gasteiger partial charge in [-0.05, 0) is 38.5 Å². The van der Waals surface area contributed by atoms with Crippen molar-refractivity contribution in [3.8, 4) is 0 Å². The van der Waals surface area contributed by atoms with Crippen molar-refractivity contribution in [3.05, 3.63) is 0 Å². The average Bonchev–Trinajstić information content (AvgIpc) is 2.28. The molecule has 0 rings (SSSR count). The van der Waals surface area contributed by atoms with Gasteiger partial charge in [-0.3, -0.25) is 0 Å². The smallest absolute Gasteiger partial charge is 0.334 e. The Morgan fingerprint density at radius 1 is 1.31 bits per heavy atom. The highest BCUT2D eigenvalue weighted by molar-refractivity contribution is 6.65. The van der Waals surface area contributed by atoms with Gasteiger partial charge in [0.25, 0.3) is 0 Å². The van der Waals surface area contributed by atoms with Crippen LogP contribution in [-0.4, -0.2) is 48.5 Å². The van der Waals surface area contributed by atoms with Crippen LogP contribution >= 0.6 is 0 Å². The fraction of sp³-hybridized carbons (Fsp3) is 1.00. The minimum Gasteiger partial charge on any atom is -0.398 e. The molecule has 5 nitrogen and oxygen atoms in total. The Bertz CT molecular complexity index is 168. The first-order valence-corrected chi connectivity index (χ1v) is 8.37. The first-order valence-electron chi connectivity index (χ1n) is 5.84. The van der Waals surface area contributed by atoms with E-state index in [9.17, 15) is 0 Å². The molecule has 0 aromatic heterocycles. The summed E-state index contributed by atoms with van der Waals surface area (Å²) in [5, 5.41) is 3.32. The van der Waals surface area contributed by atoms with Gasteiger partial charge in [0.05, 0.1) is 0 Å². The van der Waals surface area contributed by atoms with Crippen molar-refractivity contribution in [2.45, 2.75) is 31.5 Å². The number of rotatable bonds is 10. The van der Waals surface area contributed by atoms with E-state index in [2.05, 4.69) is 11.9 Å². The van der Waals surface area contributed by atoms with E-state index < -0.39 is 8.56 Å². The van der Waals surface area contributed by atoms with Crippen molar-refractivity contribution >= 4 is 8.56 Å². The van der Waals surface area contributed by atoms with Crippen molar-refractivity contribution < 1.29 is 8.85 Å². The van der Waals surface area contributed by atoms with E-state index in [1.807, 2.05) is 0 Å². The summed E-state index contributed by atoms with van der Waals surface area (Å²) in [4.78, 5) is 0. The minimum absolute atomic E-state index is 0.165. The molecule has 0 bridgehead atoms. The normalized spacial score (nSPS) is 14.1. The molecule has 0 saturated carbocycles. The predicted molar refractivity (Wildman–Crippen MR) is 69.6 cm³/mol. The van der Waals surface area contributed by atoms with Gasteiger partial charge in [-0.1, -0.05) is 0 Å². The van der Waals surface area contributed by atoms with Crippen LogP contribution in [0, 0.1) is 0 Å². The van der Waals surface area contributed by atoms with Gasteiger partial charge in [0, 0.05) is 26.8 Å². The van der Waals surface area contributed by atoms with Gasteiger partial charge in [-0.2, -0.15) is 0 Å². The molecule has 0 amide bonds. The topological polar surface area (TPSA) is 82.5 Å². The zero-order valence-corrected chi connectivity index (χ0v) is 11.8. The maximum absolute atomic E-state index is 5.82. The van der Waals surface area contributed by atoms with Crippen molar-refractivity contribution in [2.75, 3.05) is 33.9 Å². The van der Waals surface area contributed by atoms with Crippen molar-refractivity contribution in [1.29, 1.82) is 0 Å². The number of nitrogens with two attached hydrogens (primary N) is 2. The molecule has 0 heterocycles. The molecule has 1 unspecified atom stereocenters. The van der Waals surface area contributed by atoms with Gasteiger partial charge in [0.1, 0.15) is 0 Å². The second-order valence-corrected chi connectivity index (χ2v) is 7.77. The molecule has 0 saturated heterocycles. The Morgan fingerprint density at radius 3 is 2.44 bits per heavy atom. The van der Waals surface area contributed by atoms with Gasteiger partial charge in [0.2, 0.25) is 0 Å². The maximum Gasteiger partial charge on any atom is 0.334 e. The first kappa shape index (κ1) is 16.0. The van der Waals surface area contributed by atoms with E-state index in [1.54, 1.807) is 14.2 Å². The third kappa shape index (κ3) is 7.32. The Morgan fingerprint density at radius 2 is 1.94 bits per heavy atom. The summed E-state index contributed by atoms with van der Waals surface area (Å²) in [6.45, 7) is 4.51.